The Morgan fingerprint density at radius 1 is 1.17 bits per heavy atom. The highest BCUT2D eigenvalue weighted by Crippen LogP contribution is 2.20. The van der Waals surface area contributed by atoms with Crippen LogP contribution in [0, 0.1) is 6.92 Å². The van der Waals surface area contributed by atoms with E-state index >= 15 is 0 Å². The van der Waals surface area contributed by atoms with Gasteiger partial charge in [0.25, 0.3) is 0 Å². The van der Waals surface area contributed by atoms with E-state index in [2.05, 4.69) is 26.6 Å². The molecule has 2 rings (SSSR count). The first-order chi connectivity index (χ1) is 11.1. The third-order valence-corrected chi connectivity index (χ3v) is 3.63. The van der Waals surface area contributed by atoms with Crippen molar-refractivity contribution in [3.8, 4) is 11.5 Å². The SMILES string of the molecule is COc1cccc(OCCNC(=O)Nc2ccc(Br)cc2C)c1. The summed E-state index contributed by atoms with van der Waals surface area (Å²) in [6.45, 7) is 2.71. The second kappa shape index (κ2) is 8.43. The molecule has 0 fully saturated rings. The number of nitrogens with one attached hydrogen (secondary N) is 2. The average Bonchev–Trinajstić information content (AvgIpc) is 2.54. The fraction of sp³-hybridized carbons (Fsp3) is 0.235. The van der Waals surface area contributed by atoms with Gasteiger partial charge in [-0.15, -0.1) is 0 Å². The van der Waals surface area contributed by atoms with E-state index in [1.807, 2.05) is 43.3 Å². The topological polar surface area (TPSA) is 59.6 Å². The van der Waals surface area contributed by atoms with Crippen molar-refractivity contribution < 1.29 is 14.3 Å². The van der Waals surface area contributed by atoms with E-state index in [0.29, 0.717) is 18.9 Å². The van der Waals surface area contributed by atoms with E-state index in [-0.39, 0.29) is 6.03 Å². The number of hydrogen-bond donors (Lipinski definition) is 2. The van der Waals surface area contributed by atoms with Crippen LogP contribution in [0.25, 0.3) is 0 Å². The quantitative estimate of drug-likeness (QED) is 0.747. The summed E-state index contributed by atoms with van der Waals surface area (Å²) in [5.41, 5.74) is 1.77. The van der Waals surface area contributed by atoms with Gasteiger partial charge in [0.1, 0.15) is 18.1 Å². The van der Waals surface area contributed by atoms with Gasteiger partial charge in [-0.1, -0.05) is 22.0 Å². The lowest BCUT2D eigenvalue weighted by molar-refractivity contribution is 0.247. The molecule has 2 amide bonds. The van der Waals surface area contributed by atoms with Crippen molar-refractivity contribution in [1.29, 1.82) is 0 Å². The molecule has 0 atom stereocenters. The Labute approximate surface area is 144 Å². The van der Waals surface area contributed by atoms with Crippen LogP contribution in [0.4, 0.5) is 10.5 Å². The number of rotatable bonds is 6. The van der Waals surface area contributed by atoms with E-state index in [4.69, 9.17) is 9.47 Å². The monoisotopic (exact) mass is 378 g/mol. The predicted molar refractivity (Wildman–Crippen MR) is 94.4 cm³/mol. The first-order valence-corrected chi connectivity index (χ1v) is 7.95. The van der Waals surface area contributed by atoms with Crippen molar-refractivity contribution in [2.24, 2.45) is 0 Å². The van der Waals surface area contributed by atoms with Gasteiger partial charge in [0, 0.05) is 16.2 Å². The van der Waals surface area contributed by atoms with Crippen molar-refractivity contribution >= 4 is 27.6 Å². The van der Waals surface area contributed by atoms with Gasteiger partial charge in [0.05, 0.1) is 13.7 Å². The maximum Gasteiger partial charge on any atom is 0.319 e. The molecule has 0 saturated heterocycles. The van der Waals surface area contributed by atoms with Crippen LogP contribution in [0.1, 0.15) is 5.56 Å². The number of carbonyl (C=O) groups is 1. The number of amides is 2. The summed E-state index contributed by atoms with van der Waals surface area (Å²) in [5.74, 6) is 1.44. The summed E-state index contributed by atoms with van der Waals surface area (Å²) in [7, 11) is 1.61. The first-order valence-electron chi connectivity index (χ1n) is 7.16. The van der Waals surface area contributed by atoms with Gasteiger partial charge in [0.2, 0.25) is 0 Å². The Balaban J connectivity index is 1.74. The number of halogens is 1. The minimum absolute atomic E-state index is 0.260. The molecule has 0 radical (unpaired) electrons. The van der Waals surface area contributed by atoms with Crippen LogP contribution in [0.15, 0.2) is 46.9 Å². The van der Waals surface area contributed by atoms with E-state index in [1.54, 1.807) is 13.2 Å². The number of hydrogen-bond acceptors (Lipinski definition) is 3. The van der Waals surface area contributed by atoms with E-state index < -0.39 is 0 Å². The molecule has 0 aliphatic rings. The lowest BCUT2D eigenvalue weighted by Crippen LogP contribution is -2.32. The van der Waals surface area contributed by atoms with Crippen molar-refractivity contribution in [3.05, 3.63) is 52.5 Å². The van der Waals surface area contributed by atoms with Crippen LogP contribution in [0.5, 0.6) is 11.5 Å². The molecule has 2 aromatic rings. The highest BCUT2D eigenvalue weighted by Gasteiger charge is 2.04. The zero-order valence-corrected chi connectivity index (χ0v) is 14.6. The van der Waals surface area contributed by atoms with Crippen molar-refractivity contribution in [2.75, 3.05) is 25.6 Å². The first kappa shape index (κ1) is 17.1. The highest BCUT2D eigenvalue weighted by molar-refractivity contribution is 9.10. The second-order valence-electron chi connectivity index (χ2n) is 4.87. The van der Waals surface area contributed by atoms with Crippen LogP contribution < -0.4 is 20.1 Å². The molecule has 23 heavy (non-hydrogen) atoms. The largest absolute Gasteiger partial charge is 0.497 e. The lowest BCUT2D eigenvalue weighted by atomic mass is 10.2. The third kappa shape index (κ3) is 5.49. The Hall–Kier alpha value is -2.21. The summed E-state index contributed by atoms with van der Waals surface area (Å²) in [4.78, 5) is 11.9. The molecule has 5 nitrogen and oxygen atoms in total. The second-order valence-corrected chi connectivity index (χ2v) is 5.78. The van der Waals surface area contributed by atoms with Crippen molar-refractivity contribution in [3.63, 3.8) is 0 Å². The molecule has 0 saturated carbocycles. The summed E-state index contributed by atoms with van der Waals surface area (Å²) in [6.07, 6.45) is 0. The highest BCUT2D eigenvalue weighted by atomic mass is 79.9. The van der Waals surface area contributed by atoms with Gasteiger partial charge < -0.3 is 20.1 Å². The Morgan fingerprint density at radius 3 is 2.70 bits per heavy atom. The summed E-state index contributed by atoms with van der Waals surface area (Å²) in [5, 5.41) is 5.56. The van der Waals surface area contributed by atoms with Crippen LogP contribution in [0.3, 0.4) is 0 Å². The van der Waals surface area contributed by atoms with Crippen LogP contribution in [-0.4, -0.2) is 26.3 Å². The third-order valence-electron chi connectivity index (χ3n) is 3.13. The molecule has 0 bridgehead atoms. The smallest absolute Gasteiger partial charge is 0.319 e. The maximum atomic E-state index is 11.9. The lowest BCUT2D eigenvalue weighted by Gasteiger charge is -2.11. The molecule has 0 aromatic heterocycles. The van der Waals surface area contributed by atoms with Crippen molar-refractivity contribution in [1.82, 2.24) is 5.32 Å². The standard InChI is InChI=1S/C17H19BrN2O3/c1-12-10-13(18)6-7-16(12)20-17(21)19-8-9-23-15-5-3-4-14(11-15)22-2/h3-7,10-11H,8-9H2,1-2H3,(H2,19,20,21). The normalized spacial score (nSPS) is 10.0. The molecule has 0 unspecified atom stereocenters. The molecule has 0 heterocycles. The van der Waals surface area contributed by atoms with Crippen molar-refractivity contribution in [2.45, 2.75) is 6.92 Å². The molecule has 6 heteroatoms. The van der Waals surface area contributed by atoms with Gasteiger partial charge in [-0.05, 0) is 42.8 Å². The zero-order chi connectivity index (χ0) is 16.7. The maximum absolute atomic E-state index is 11.9. The van der Waals surface area contributed by atoms with E-state index in [0.717, 1.165) is 21.5 Å². The number of ether oxygens (including phenoxy) is 2. The fourth-order valence-electron chi connectivity index (χ4n) is 1.96. The Morgan fingerprint density at radius 2 is 1.96 bits per heavy atom. The molecule has 2 aromatic carbocycles. The van der Waals surface area contributed by atoms with Crippen LogP contribution in [-0.2, 0) is 0 Å². The zero-order valence-electron chi connectivity index (χ0n) is 13.1. The van der Waals surface area contributed by atoms with E-state index in [1.165, 1.54) is 0 Å². The van der Waals surface area contributed by atoms with Gasteiger partial charge in [-0.25, -0.2) is 4.79 Å². The number of aryl methyl sites for hydroxylation is 1. The predicted octanol–water partition coefficient (Wildman–Crippen LogP) is 3.97. The molecular formula is C17H19BrN2O3. The fourth-order valence-corrected chi connectivity index (χ4v) is 2.43. The minimum atomic E-state index is -0.260. The molecule has 0 spiro atoms. The number of methoxy groups -OCH3 is 1. The van der Waals surface area contributed by atoms with E-state index in [9.17, 15) is 4.79 Å². The summed E-state index contributed by atoms with van der Waals surface area (Å²) in [6, 6.07) is 12.8. The molecule has 0 aliphatic carbocycles. The number of carbonyl (C=O) groups excluding carboxylic acids is 1. The summed E-state index contributed by atoms with van der Waals surface area (Å²) < 4.78 is 11.7. The molecular weight excluding hydrogens is 360 g/mol. The van der Waals surface area contributed by atoms with Gasteiger partial charge in [-0.2, -0.15) is 0 Å². The van der Waals surface area contributed by atoms with Gasteiger partial charge in [0.15, 0.2) is 0 Å². The van der Waals surface area contributed by atoms with Gasteiger partial charge >= 0.3 is 6.03 Å². The van der Waals surface area contributed by atoms with Crippen LogP contribution >= 0.6 is 15.9 Å². The molecule has 122 valence electrons. The Bertz CT molecular complexity index is 677. The minimum Gasteiger partial charge on any atom is -0.497 e. The van der Waals surface area contributed by atoms with Crippen LogP contribution in [0.2, 0.25) is 0 Å². The number of urea groups is 1. The number of anilines is 1. The summed E-state index contributed by atoms with van der Waals surface area (Å²) >= 11 is 3.39. The average molecular weight is 379 g/mol. The Kier molecular flexibility index (Phi) is 6.29. The number of benzene rings is 2. The molecule has 2 N–H and O–H groups in total. The molecule has 0 aliphatic heterocycles. The van der Waals surface area contributed by atoms with Gasteiger partial charge in [-0.3, -0.25) is 0 Å².